The summed E-state index contributed by atoms with van der Waals surface area (Å²) in [6.45, 7) is 1.30. The fourth-order valence-corrected chi connectivity index (χ4v) is 3.09. The number of nitrogens with zero attached hydrogens (tertiary/aromatic N) is 4. The van der Waals surface area contributed by atoms with Crippen LogP contribution in [0.15, 0.2) is 43.0 Å². The van der Waals surface area contributed by atoms with Gasteiger partial charge in [-0.15, -0.1) is 0 Å². The van der Waals surface area contributed by atoms with Crippen molar-refractivity contribution in [3.05, 3.63) is 48.5 Å². The number of carbonyl (C=O) groups excluding carboxylic acids is 2. The molecule has 144 valence electrons. The van der Waals surface area contributed by atoms with Crippen LogP contribution in [0, 0.1) is 0 Å². The van der Waals surface area contributed by atoms with Gasteiger partial charge in [-0.3, -0.25) is 14.5 Å². The topological polar surface area (TPSA) is 90.7 Å². The quantitative estimate of drug-likeness (QED) is 0.779. The maximum atomic E-state index is 12.5. The lowest BCUT2D eigenvalue weighted by atomic mass is 10.0. The van der Waals surface area contributed by atoms with Crippen molar-refractivity contribution >= 4 is 11.8 Å². The number of amides is 2. The Morgan fingerprint density at radius 1 is 1.30 bits per heavy atom. The minimum Gasteiger partial charge on any atom is -0.390 e. The standard InChI is InChI=1S/C19H25N5O3/c1-22(2)18(26)12-23-9-7-16(17(25)11-23)21-19(27)14-3-5-15(6-4-14)24-10-8-20-13-24/h3-6,8,10,13,16-17,25H,7,9,11-12H2,1-2H3,(H,21,27). The van der Waals surface area contributed by atoms with E-state index in [4.69, 9.17) is 0 Å². The van der Waals surface area contributed by atoms with E-state index in [-0.39, 0.29) is 24.4 Å². The van der Waals surface area contributed by atoms with Crippen molar-refractivity contribution in [1.29, 1.82) is 0 Å². The van der Waals surface area contributed by atoms with E-state index in [1.54, 1.807) is 38.8 Å². The van der Waals surface area contributed by atoms with Crippen LogP contribution in [0.1, 0.15) is 16.8 Å². The van der Waals surface area contributed by atoms with Gasteiger partial charge in [0.2, 0.25) is 5.91 Å². The van der Waals surface area contributed by atoms with Crippen LogP contribution >= 0.6 is 0 Å². The molecule has 0 bridgehead atoms. The molecule has 1 aliphatic rings. The minimum absolute atomic E-state index is 0.00247. The van der Waals surface area contributed by atoms with Crippen molar-refractivity contribution < 1.29 is 14.7 Å². The first-order valence-electron chi connectivity index (χ1n) is 8.94. The number of aromatic nitrogens is 2. The predicted octanol–water partition coefficient (Wildman–Crippen LogP) is 0.126. The molecule has 2 amide bonds. The van der Waals surface area contributed by atoms with Crippen LogP contribution in [0.2, 0.25) is 0 Å². The number of hydrogen-bond donors (Lipinski definition) is 2. The number of β-amino-alcohol motifs (C(OH)–C–C–N with tert-alkyl or cyclic N) is 1. The van der Waals surface area contributed by atoms with Crippen LogP contribution in [0.4, 0.5) is 0 Å². The van der Waals surface area contributed by atoms with Crippen LogP contribution in [0.25, 0.3) is 5.69 Å². The number of aliphatic hydroxyl groups excluding tert-OH is 1. The molecular weight excluding hydrogens is 346 g/mol. The summed E-state index contributed by atoms with van der Waals surface area (Å²) in [5.41, 5.74) is 1.46. The summed E-state index contributed by atoms with van der Waals surface area (Å²) in [6, 6.07) is 6.88. The Bertz CT molecular complexity index is 773. The number of carbonyl (C=O) groups is 2. The second-order valence-corrected chi connectivity index (χ2v) is 6.98. The van der Waals surface area contributed by atoms with Gasteiger partial charge in [-0.2, -0.15) is 0 Å². The van der Waals surface area contributed by atoms with Crippen LogP contribution < -0.4 is 5.32 Å². The van der Waals surface area contributed by atoms with Gasteiger partial charge in [-0.25, -0.2) is 4.98 Å². The first-order valence-corrected chi connectivity index (χ1v) is 8.94. The summed E-state index contributed by atoms with van der Waals surface area (Å²) in [5, 5.41) is 13.3. The fraction of sp³-hybridized carbons (Fsp3) is 0.421. The molecule has 1 aliphatic heterocycles. The number of likely N-dealkylation sites (tertiary alicyclic amines) is 1. The van der Waals surface area contributed by atoms with E-state index >= 15 is 0 Å². The van der Waals surface area contributed by atoms with Crippen molar-refractivity contribution in [2.75, 3.05) is 33.7 Å². The number of likely N-dealkylation sites (N-methyl/N-ethyl adjacent to an activating group) is 1. The van der Waals surface area contributed by atoms with Crippen LogP contribution in [0.5, 0.6) is 0 Å². The van der Waals surface area contributed by atoms with Crippen molar-refractivity contribution in [2.45, 2.75) is 18.6 Å². The van der Waals surface area contributed by atoms with Gasteiger partial charge in [-0.1, -0.05) is 0 Å². The van der Waals surface area contributed by atoms with Crippen molar-refractivity contribution in [1.82, 2.24) is 24.7 Å². The highest BCUT2D eigenvalue weighted by Crippen LogP contribution is 2.14. The van der Waals surface area contributed by atoms with Gasteiger partial charge in [0, 0.05) is 50.8 Å². The molecule has 2 N–H and O–H groups in total. The van der Waals surface area contributed by atoms with E-state index in [1.165, 1.54) is 4.90 Å². The zero-order chi connectivity index (χ0) is 19.4. The minimum atomic E-state index is -0.706. The molecule has 1 saturated heterocycles. The third-order valence-electron chi connectivity index (χ3n) is 4.77. The number of rotatable bonds is 5. The summed E-state index contributed by atoms with van der Waals surface area (Å²) in [5.74, 6) is -0.211. The SMILES string of the molecule is CN(C)C(=O)CN1CCC(NC(=O)c2ccc(-n3ccnc3)cc2)C(O)C1. The van der Waals surface area contributed by atoms with Gasteiger partial charge in [0.1, 0.15) is 0 Å². The summed E-state index contributed by atoms with van der Waals surface area (Å²) in [7, 11) is 3.42. The molecule has 27 heavy (non-hydrogen) atoms. The maximum absolute atomic E-state index is 12.5. The van der Waals surface area contributed by atoms with Gasteiger partial charge in [0.05, 0.1) is 25.0 Å². The molecule has 2 aromatic rings. The molecule has 3 rings (SSSR count). The molecule has 1 fully saturated rings. The summed E-state index contributed by atoms with van der Waals surface area (Å²) >= 11 is 0. The van der Waals surface area contributed by atoms with Crippen LogP contribution in [-0.2, 0) is 4.79 Å². The molecule has 2 heterocycles. The molecule has 1 aromatic heterocycles. The van der Waals surface area contributed by atoms with Crippen LogP contribution in [-0.4, -0.2) is 82.1 Å². The van der Waals surface area contributed by atoms with E-state index in [2.05, 4.69) is 10.3 Å². The Kier molecular flexibility index (Phi) is 5.88. The zero-order valence-electron chi connectivity index (χ0n) is 15.6. The number of aliphatic hydroxyl groups is 1. The van der Waals surface area contributed by atoms with E-state index < -0.39 is 6.10 Å². The molecule has 0 radical (unpaired) electrons. The normalized spacial score (nSPS) is 20.3. The summed E-state index contributed by atoms with van der Waals surface area (Å²) < 4.78 is 1.86. The summed E-state index contributed by atoms with van der Waals surface area (Å²) in [6.07, 6.45) is 5.12. The second kappa shape index (κ2) is 8.32. The molecule has 8 nitrogen and oxygen atoms in total. The average molecular weight is 371 g/mol. The molecule has 1 aromatic carbocycles. The highest BCUT2D eigenvalue weighted by atomic mass is 16.3. The highest BCUT2D eigenvalue weighted by molar-refractivity contribution is 5.94. The smallest absolute Gasteiger partial charge is 0.251 e. The lowest BCUT2D eigenvalue weighted by Gasteiger charge is -2.36. The lowest BCUT2D eigenvalue weighted by Crippen LogP contribution is -2.55. The number of benzene rings is 1. The van der Waals surface area contributed by atoms with Gasteiger partial charge >= 0.3 is 0 Å². The number of piperidine rings is 1. The number of nitrogens with one attached hydrogen (secondary N) is 1. The Morgan fingerprint density at radius 3 is 2.63 bits per heavy atom. The molecule has 8 heteroatoms. The van der Waals surface area contributed by atoms with Gasteiger partial charge in [0.15, 0.2) is 0 Å². The third kappa shape index (κ3) is 4.72. The van der Waals surface area contributed by atoms with E-state index in [0.29, 0.717) is 25.1 Å². The van der Waals surface area contributed by atoms with Gasteiger partial charge < -0.3 is 19.9 Å². The monoisotopic (exact) mass is 371 g/mol. The first-order chi connectivity index (χ1) is 12.9. The fourth-order valence-electron chi connectivity index (χ4n) is 3.09. The van der Waals surface area contributed by atoms with Crippen molar-refractivity contribution in [3.8, 4) is 5.69 Å². The van der Waals surface area contributed by atoms with Crippen LogP contribution in [0.3, 0.4) is 0 Å². The predicted molar refractivity (Wildman–Crippen MR) is 101 cm³/mol. The summed E-state index contributed by atoms with van der Waals surface area (Å²) in [4.78, 5) is 31.7. The number of hydrogen-bond acceptors (Lipinski definition) is 5. The third-order valence-corrected chi connectivity index (χ3v) is 4.77. The molecule has 2 unspecified atom stereocenters. The molecular formula is C19H25N5O3. The maximum Gasteiger partial charge on any atom is 0.251 e. The Balaban J connectivity index is 1.54. The number of imidazole rings is 1. The largest absolute Gasteiger partial charge is 0.390 e. The molecule has 0 saturated carbocycles. The molecule has 0 spiro atoms. The Morgan fingerprint density at radius 2 is 2.04 bits per heavy atom. The van der Waals surface area contributed by atoms with Gasteiger partial charge in [0.25, 0.3) is 5.91 Å². The Labute approximate surface area is 158 Å². The second-order valence-electron chi connectivity index (χ2n) is 6.98. The van der Waals surface area contributed by atoms with Crippen molar-refractivity contribution in [3.63, 3.8) is 0 Å². The zero-order valence-corrected chi connectivity index (χ0v) is 15.6. The highest BCUT2D eigenvalue weighted by Gasteiger charge is 2.30. The Hall–Kier alpha value is -2.71. The van der Waals surface area contributed by atoms with E-state index in [0.717, 1.165) is 5.69 Å². The lowest BCUT2D eigenvalue weighted by molar-refractivity contribution is -0.130. The van der Waals surface area contributed by atoms with Crippen molar-refractivity contribution in [2.24, 2.45) is 0 Å². The van der Waals surface area contributed by atoms with Gasteiger partial charge in [-0.05, 0) is 30.7 Å². The first kappa shape index (κ1) is 19.1. The van der Waals surface area contributed by atoms with E-state index in [9.17, 15) is 14.7 Å². The average Bonchev–Trinajstić information content (AvgIpc) is 3.18. The molecule has 0 aliphatic carbocycles. The van der Waals surface area contributed by atoms with E-state index in [1.807, 2.05) is 27.8 Å². The molecule has 2 atom stereocenters.